The van der Waals surface area contributed by atoms with Gasteiger partial charge in [0.15, 0.2) is 5.82 Å². The normalized spacial score (nSPS) is 24.5. The number of anilines is 1. The molecule has 0 aliphatic carbocycles. The van der Waals surface area contributed by atoms with Crippen LogP contribution in [-0.2, 0) is 0 Å². The third kappa shape index (κ3) is 3.62. The van der Waals surface area contributed by atoms with Gasteiger partial charge in [0.25, 0.3) is 0 Å². The molecule has 2 bridgehead atoms. The van der Waals surface area contributed by atoms with Crippen molar-refractivity contribution in [2.75, 3.05) is 11.9 Å². The van der Waals surface area contributed by atoms with Crippen molar-refractivity contribution < 1.29 is 18.3 Å². The van der Waals surface area contributed by atoms with Gasteiger partial charge in [0, 0.05) is 36.3 Å². The topological polar surface area (TPSA) is 91.5 Å². The summed E-state index contributed by atoms with van der Waals surface area (Å²) in [6.45, 7) is 0. The molecular formula is C23H22F2N4O3. The minimum absolute atomic E-state index is 0.0676. The number of nitrogens with one attached hydrogen (secondary N) is 1. The number of hydrogen-bond donors (Lipinski definition) is 2. The summed E-state index contributed by atoms with van der Waals surface area (Å²) >= 11 is 0. The third-order valence-electron chi connectivity index (χ3n) is 6.44. The van der Waals surface area contributed by atoms with E-state index in [0.29, 0.717) is 23.8 Å². The molecular weight excluding hydrogens is 418 g/mol. The van der Waals surface area contributed by atoms with Gasteiger partial charge in [-0.25, -0.2) is 13.6 Å². The maximum absolute atomic E-state index is 14.9. The van der Waals surface area contributed by atoms with E-state index in [1.807, 2.05) is 0 Å². The molecule has 3 aromatic rings. The zero-order valence-electron chi connectivity index (χ0n) is 17.3. The maximum atomic E-state index is 14.9. The Labute approximate surface area is 182 Å². The van der Waals surface area contributed by atoms with Gasteiger partial charge in [-0.15, -0.1) is 10.2 Å². The number of benzene rings is 1. The van der Waals surface area contributed by atoms with Gasteiger partial charge in [0.05, 0.1) is 18.0 Å². The second-order valence-electron chi connectivity index (χ2n) is 8.37. The molecule has 0 saturated carbocycles. The molecule has 4 heterocycles. The van der Waals surface area contributed by atoms with Crippen LogP contribution in [-0.4, -0.2) is 46.6 Å². The number of rotatable bonds is 4. The molecule has 2 saturated heterocycles. The number of halogens is 2. The summed E-state index contributed by atoms with van der Waals surface area (Å²) < 4.78 is 34.3. The molecule has 9 heteroatoms. The van der Waals surface area contributed by atoms with Crippen LogP contribution < -0.4 is 15.8 Å². The molecule has 2 fully saturated rings. The second-order valence-corrected chi connectivity index (χ2v) is 8.37. The minimum Gasteiger partial charge on any atom is -0.507 e. The molecule has 0 radical (unpaired) electrons. The number of aromatic nitrogens is 2. The average molecular weight is 440 g/mol. The van der Waals surface area contributed by atoms with E-state index >= 15 is 0 Å². The molecule has 32 heavy (non-hydrogen) atoms. The lowest BCUT2D eigenvalue weighted by molar-refractivity contribution is 0.176. The molecule has 5 rings (SSSR count). The van der Waals surface area contributed by atoms with Crippen molar-refractivity contribution in [1.82, 2.24) is 15.5 Å². The van der Waals surface area contributed by atoms with Gasteiger partial charge in [0.2, 0.25) is 0 Å². The highest BCUT2D eigenvalue weighted by molar-refractivity contribution is 5.74. The van der Waals surface area contributed by atoms with Gasteiger partial charge in [0.1, 0.15) is 17.7 Å². The van der Waals surface area contributed by atoms with E-state index in [0.717, 1.165) is 25.0 Å². The molecule has 2 N–H and O–H groups in total. The monoisotopic (exact) mass is 440 g/mol. The van der Waals surface area contributed by atoms with E-state index < -0.39 is 17.6 Å². The number of phenols is 1. The first-order valence-corrected chi connectivity index (χ1v) is 10.5. The molecule has 0 spiro atoms. The van der Waals surface area contributed by atoms with Gasteiger partial charge in [-0.05, 0) is 55.2 Å². The highest BCUT2D eigenvalue weighted by Crippen LogP contribution is 2.36. The lowest BCUT2D eigenvalue weighted by atomic mass is 9.96. The Kier molecular flexibility index (Phi) is 5.13. The third-order valence-corrected chi connectivity index (χ3v) is 6.44. The van der Waals surface area contributed by atoms with Gasteiger partial charge < -0.3 is 19.7 Å². The van der Waals surface area contributed by atoms with Crippen LogP contribution in [0.3, 0.4) is 0 Å². The standard InChI is InChI=1S/C23H22F2N4O3/c1-29(19-9-13-2-3-18(26-13)23(19)25)21-5-4-17(27-28-21)15-10-16(24)14(11-20(15)30)12-6-7-32-22(31)8-12/h4-8,10-11,13,18-19,23,26,30H,2-3,9H2,1H3/t13?,18?,19-,23+/m1/s1. The van der Waals surface area contributed by atoms with Crippen LogP contribution in [0.25, 0.3) is 22.4 Å². The number of piperidine rings is 1. The van der Waals surface area contributed by atoms with Gasteiger partial charge in [-0.1, -0.05) is 0 Å². The highest BCUT2D eigenvalue weighted by Gasteiger charge is 2.43. The van der Waals surface area contributed by atoms with Gasteiger partial charge in [-0.2, -0.15) is 0 Å². The van der Waals surface area contributed by atoms with Crippen molar-refractivity contribution in [3.05, 3.63) is 58.9 Å². The summed E-state index contributed by atoms with van der Waals surface area (Å²) in [6, 6.07) is 8.18. The number of fused-ring (bicyclic) bond motifs is 2. The second kappa shape index (κ2) is 7.98. The Morgan fingerprint density at radius 2 is 2.00 bits per heavy atom. The summed E-state index contributed by atoms with van der Waals surface area (Å²) in [4.78, 5) is 13.2. The van der Waals surface area contributed by atoms with Crippen LogP contribution in [0.15, 0.2) is 51.9 Å². The van der Waals surface area contributed by atoms with Crippen LogP contribution in [0.5, 0.6) is 5.75 Å². The van der Waals surface area contributed by atoms with Gasteiger partial charge in [-0.3, -0.25) is 0 Å². The first-order valence-electron chi connectivity index (χ1n) is 10.5. The van der Waals surface area contributed by atoms with Crippen molar-refractivity contribution >= 4 is 5.82 Å². The fourth-order valence-electron chi connectivity index (χ4n) is 4.71. The Morgan fingerprint density at radius 3 is 2.75 bits per heavy atom. The van der Waals surface area contributed by atoms with E-state index in [1.54, 1.807) is 24.1 Å². The Bertz CT molecular complexity index is 1200. The van der Waals surface area contributed by atoms with Crippen molar-refractivity contribution in [2.24, 2.45) is 0 Å². The van der Waals surface area contributed by atoms with Crippen molar-refractivity contribution in [1.29, 1.82) is 0 Å². The lowest BCUT2D eigenvalue weighted by Crippen LogP contribution is -2.55. The van der Waals surface area contributed by atoms with Crippen LogP contribution in [0, 0.1) is 5.82 Å². The number of aromatic hydroxyl groups is 1. The van der Waals surface area contributed by atoms with Crippen LogP contribution >= 0.6 is 0 Å². The fraction of sp³-hybridized carbons (Fsp3) is 0.348. The molecule has 166 valence electrons. The zero-order valence-corrected chi connectivity index (χ0v) is 17.3. The van der Waals surface area contributed by atoms with Crippen LogP contribution in [0.1, 0.15) is 19.3 Å². The van der Waals surface area contributed by atoms with E-state index in [2.05, 4.69) is 19.9 Å². The van der Waals surface area contributed by atoms with Crippen LogP contribution in [0.4, 0.5) is 14.6 Å². The number of alkyl halides is 1. The van der Waals surface area contributed by atoms with E-state index in [-0.39, 0.29) is 34.7 Å². The van der Waals surface area contributed by atoms with Crippen molar-refractivity contribution in [3.63, 3.8) is 0 Å². The first kappa shape index (κ1) is 20.6. The number of hydrogen-bond acceptors (Lipinski definition) is 7. The summed E-state index contributed by atoms with van der Waals surface area (Å²) in [5, 5.41) is 22.1. The SMILES string of the molecule is CN(c1ccc(-c2cc(F)c(-c3ccoc(=O)c3)cc2O)nn1)[C@@H]1CC2CCC(N2)[C@@H]1F. The Balaban J connectivity index is 1.40. The smallest absolute Gasteiger partial charge is 0.336 e. The zero-order chi connectivity index (χ0) is 22.4. The lowest BCUT2D eigenvalue weighted by Gasteiger charge is -2.38. The Hall–Kier alpha value is -3.33. The highest BCUT2D eigenvalue weighted by atomic mass is 19.1. The molecule has 7 nitrogen and oxygen atoms in total. The van der Waals surface area contributed by atoms with Crippen molar-refractivity contribution in [3.8, 4) is 28.1 Å². The summed E-state index contributed by atoms with van der Waals surface area (Å²) in [5.74, 6) is -0.323. The number of phenolic OH excluding ortho intramolecular Hbond substituents is 1. The van der Waals surface area contributed by atoms with E-state index in [4.69, 9.17) is 0 Å². The first-order chi connectivity index (χ1) is 15.4. The predicted octanol–water partition coefficient (Wildman–Crippen LogP) is 3.28. The van der Waals surface area contributed by atoms with E-state index in [1.165, 1.54) is 18.4 Å². The molecule has 1 aromatic carbocycles. The molecule has 2 aliphatic heterocycles. The minimum atomic E-state index is -0.994. The molecule has 4 atom stereocenters. The summed E-state index contributed by atoms with van der Waals surface area (Å²) in [7, 11) is 1.80. The quantitative estimate of drug-likeness (QED) is 0.643. The molecule has 2 aromatic heterocycles. The summed E-state index contributed by atoms with van der Waals surface area (Å²) in [6.07, 6.45) is 2.69. The predicted molar refractivity (Wildman–Crippen MR) is 115 cm³/mol. The fourth-order valence-corrected chi connectivity index (χ4v) is 4.71. The molecule has 2 aliphatic rings. The average Bonchev–Trinajstić information content (AvgIpc) is 3.20. The Morgan fingerprint density at radius 1 is 1.16 bits per heavy atom. The summed E-state index contributed by atoms with van der Waals surface area (Å²) in [5.41, 5.74) is 0.186. The van der Waals surface area contributed by atoms with Crippen LogP contribution in [0.2, 0.25) is 0 Å². The molecule has 0 amide bonds. The van der Waals surface area contributed by atoms with Crippen molar-refractivity contribution in [2.45, 2.75) is 43.6 Å². The van der Waals surface area contributed by atoms with E-state index in [9.17, 15) is 18.7 Å². The maximum Gasteiger partial charge on any atom is 0.336 e. The van der Waals surface area contributed by atoms with Gasteiger partial charge >= 0.3 is 5.63 Å². The molecule has 2 unspecified atom stereocenters. The largest absolute Gasteiger partial charge is 0.507 e. The number of nitrogens with zero attached hydrogens (tertiary/aromatic N) is 3.